The van der Waals surface area contributed by atoms with E-state index in [0.717, 1.165) is 16.7 Å². The lowest BCUT2D eigenvalue weighted by molar-refractivity contribution is -0.133. The van der Waals surface area contributed by atoms with E-state index in [1.54, 1.807) is 4.68 Å². The van der Waals surface area contributed by atoms with Gasteiger partial charge in [-0.3, -0.25) is 9.48 Å². The van der Waals surface area contributed by atoms with Gasteiger partial charge in [-0.25, -0.2) is 4.98 Å². The molecule has 108 valence electrons. The number of aliphatic carboxylic acids is 1. The number of rotatable bonds is 5. The van der Waals surface area contributed by atoms with E-state index in [0.29, 0.717) is 11.7 Å². The molecule has 0 aliphatic rings. The van der Waals surface area contributed by atoms with Crippen LogP contribution in [0.4, 0.5) is 0 Å². The molecule has 0 spiro atoms. The van der Waals surface area contributed by atoms with Crippen LogP contribution in [0.2, 0.25) is 0 Å². The van der Waals surface area contributed by atoms with Crippen molar-refractivity contribution < 1.29 is 9.90 Å². The summed E-state index contributed by atoms with van der Waals surface area (Å²) in [7, 11) is 1.87. The molecule has 2 heterocycles. The number of aromatic nitrogens is 4. The second-order valence-electron chi connectivity index (χ2n) is 4.63. The van der Waals surface area contributed by atoms with Gasteiger partial charge in [-0.05, 0) is 18.2 Å². The summed E-state index contributed by atoms with van der Waals surface area (Å²) in [4.78, 5) is 15.3. The number of carboxylic acids is 1. The maximum absolute atomic E-state index is 10.8. The molecule has 0 radical (unpaired) electrons. The average molecular weight is 302 g/mol. The van der Waals surface area contributed by atoms with Crippen LogP contribution in [0.25, 0.3) is 11.0 Å². The van der Waals surface area contributed by atoms with E-state index < -0.39 is 5.97 Å². The second-order valence-corrected chi connectivity index (χ2v) is 5.57. The standard InChI is InChI=1S/C14H14N4O2S/c1-17-7-6-10(16-17)8-18-12-5-3-2-4-11(12)15-14(18)21-9-13(19)20/h2-7H,8-9H2,1H3,(H,19,20). The van der Waals surface area contributed by atoms with Crippen molar-refractivity contribution in [1.82, 2.24) is 19.3 Å². The number of aryl methyl sites for hydroxylation is 1. The van der Waals surface area contributed by atoms with Crippen molar-refractivity contribution in [2.45, 2.75) is 11.7 Å². The van der Waals surface area contributed by atoms with Crippen LogP contribution in [-0.4, -0.2) is 36.2 Å². The van der Waals surface area contributed by atoms with Gasteiger partial charge in [0.25, 0.3) is 0 Å². The number of carbonyl (C=O) groups is 1. The van der Waals surface area contributed by atoms with Crippen LogP contribution in [0.3, 0.4) is 0 Å². The van der Waals surface area contributed by atoms with E-state index in [1.165, 1.54) is 11.8 Å². The fraction of sp³-hybridized carbons (Fsp3) is 0.214. The third-order valence-electron chi connectivity index (χ3n) is 3.03. The molecule has 21 heavy (non-hydrogen) atoms. The first-order valence-corrected chi connectivity index (χ1v) is 7.40. The Morgan fingerprint density at radius 2 is 2.14 bits per heavy atom. The smallest absolute Gasteiger partial charge is 0.313 e. The third kappa shape index (κ3) is 2.92. The number of thioether (sulfide) groups is 1. The van der Waals surface area contributed by atoms with Crippen LogP contribution in [0.5, 0.6) is 0 Å². The molecule has 0 saturated carbocycles. The van der Waals surface area contributed by atoms with E-state index in [-0.39, 0.29) is 5.75 Å². The van der Waals surface area contributed by atoms with Crippen molar-refractivity contribution >= 4 is 28.8 Å². The van der Waals surface area contributed by atoms with Gasteiger partial charge in [-0.2, -0.15) is 5.10 Å². The number of para-hydroxylation sites is 2. The van der Waals surface area contributed by atoms with E-state index in [1.807, 2.05) is 48.1 Å². The predicted octanol–water partition coefficient (Wildman–Crippen LogP) is 1.99. The molecule has 7 heteroatoms. The fourth-order valence-corrected chi connectivity index (χ4v) is 2.89. The zero-order valence-corrected chi connectivity index (χ0v) is 12.2. The lowest BCUT2D eigenvalue weighted by Gasteiger charge is -2.06. The minimum atomic E-state index is -0.851. The topological polar surface area (TPSA) is 72.9 Å². The summed E-state index contributed by atoms with van der Waals surface area (Å²) in [5.41, 5.74) is 2.76. The lowest BCUT2D eigenvalue weighted by atomic mass is 10.3. The Labute approximate surface area is 125 Å². The zero-order valence-electron chi connectivity index (χ0n) is 11.4. The van der Waals surface area contributed by atoms with Crippen LogP contribution in [0.1, 0.15) is 5.69 Å². The van der Waals surface area contributed by atoms with E-state index in [2.05, 4.69) is 10.1 Å². The minimum Gasteiger partial charge on any atom is -0.481 e. The van der Waals surface area contributed by atoms with Crippen molar-refractivity contribution in [2.24, 2.45) is 7.05 Å². The van der Waals surface area contributed by atoms with Crippen molar-refractivity contribution in [3.63, 3.8) is 0 Å². The van der Waals surface area contributed by atoms with Gasteiger partial charge >= 0.3 is 5.97 Å². The molecule has 6 nitrogen and oxygen atoms in total. The molecule has 0 atom stereocenters. The van der Waals surface area contributed by atoms with Crippen LogP contribution >= 0.6 is 11.8 Å². The Balaban J connectivity index is 2.00. The molecule has 0 aliphatic carbocycles. The molecule has 0 fully saturated rings. The number of hydrogen-bond donors (Lipinski definition) is 1. The van der Waals surface area contributed by atoms with E-state index in [4.69, 9.17) is 5.11 Å². The molecule has 3 aromatic rings. The number of hydrogen-bond acceptors (Lipinski definition) is 4. The molecule has 1 aromatic carbocycles. The van der Waals surface area contributed by atoms with Gasteiger partial charge < -0.3 is 9.67 Å². The lowest BCUT2D eigenvalue weighted by Crippen LogP contribution is -2.05. The highest BCUT2D eigenvalue weighted by Gasteiger charge is 2.13. The third-order valence-corrected chi connectivity index (χ3v) is 3.99. The Kier molecular flexibility index (Phi) is 3.66. The molecule has 0 unspecified atom stereocenters. The average Bonchev–Trinajstić information content (AvgIpc) is 3.01. The van der Waals surface area contributed by atoms with Crippen molar-refractivity contribution in [2.75, 3.05) is 5.75 Å². The number of fused-ring (bicyclic) bond motifs is 1. The summed E-state index contributed by atoms with van der Waals surface area (Å²) in [6.45, 7) is 0.573. The summed E-state index contributed by atoms with van der Waals surface area (Å²) in [6.07, 6.45) is 1.89. The number of nitrogens with zero attached hydrogens (tertiary/aromatic N) is 4. The molecule has 0 aliphatic heterocycles. The number of imidazole rings is 1. The highest BCUT2D eigenvalue weighted by molar-refractivity contribution is 7.99. The van der Waals surface area contributed by atoms with Gasteiger partial charge in [0.2, 0.25) is 0 Å². The Morgan fingerprint density at radius 3 is 2.86 bits per heavy atom. The summed E-state index contributed by atoms with van der Waals surface area (Å²) in [5, 5.41) is 13.9. The van der Waals surface area contributed by atoms with Gasteiger partial charge in [-0.15, -0.1) is 0 Å². The molecule has 0 saturated heterocycles. The minimum absolute atomic E-state index is 0.00839. The molecule has 1 N–H and O–H groups in total. The van der Waals surface area contributed by atoms with Crippen LogP contribution < -0.4 is 0 Å². The first-order chi connectivity index (χ1) is 10.1. The first-order valence-electron chi connectivity index (χ1n) is 6.42. The molecular formula is C14H14N4O2S. The SMILES string of the molecule is Cn1ccc(Cn2c(SCC(=O)O)nc3ccccc32)n1. The van der Waals surface area contributed by atoms with Crippen molar-refractivity contribution in [1.29, 1.82) is 0 Å². The Morgan fingerprint density at radius 1 is 1.33 bits per heavy atom. The molecular weight excluding hydrogens is 288 g/mol. The van der Waals surface area contributed by atoms with E-state index >= 15 is 0 Å². The van der Waals surface area contributed by atoms with Gasteiger partial charge in [0, 0.05) is 13.2 Å². The van der Waals surface area contributed by atoms with Crippen LogP contribution in [0, 0.1) is 0 Å². The normalized spacial score (nSPS) is 11.1. The van der Waals surface area contributed by atoms with Gasteiger partial charge in [0.1, 0.15) is 0 Å². The van der Waals surface area contributed by atoms with E-state index in [9.17, 15) is 4.79 Å². The number of benzene rings is 1. The van der Waals surface area contributed by atoms with Gasteiger partial charge in [0.15, 0.2) is 5.16 Å². The summed E-state index contributed by atoms with van der Waals surface area (Å²) >= 11 is 1.22. The molecule has 0 bridgehead atoms. The monoisotopic (exact) mass is 302 g/mol. The summed E-state index contributed by atoms with van der Waals surface area (Å²) < 4.78 is 3.75. The van der Waals surface area contributed by atoms with Crippen molar-refractivity contribution in [3.8, 4) is 0 Å². The van der Waals surface area contributed by atoms with Crippen molar-refractivity contribution in [3.05, 3.63) is 42.2 Å². The highest BCUT2D eigenvalue weighted by Crippen LogP contribution is 2.24. The Hall–Kier alpha value is -2.28. The number of carboxylic acid groups (broad SMARTS) is 1. The Bertz CT molecular complexity index is 793. The van der Waals surface area contributed by atoms with Gasteiger partial charge in [-0.1, -0.05) is 23.9 Å². The summed E-state index contributed by atoms with van der Waals surface area (Å²) in [5.74, 6) is -0.859. The first kappa shape index (κ1) is 13.7. The van der Waals surface area contributed by atoms with Crippen LogP contribution in [0.15, 0.2) is 41.7 Å². The maximum atomic E-state index is 10.8. The van der Waals surface area contributed by atoms with Crippen LogP contribution in [-0.2, 0) is 18.4 Å². The molecule has 3 rings (SSSR count). The fourth-order valence-electron chi connectivity index (χ4n) is 2.15. The largest absolute Gasteiger partial charge is 0.481 e. The zero-order chi connectivity index (χ0) is 14.8. The van der Waals surface area contributed by atoms with Gasteiger partial charge in [0.05, 0.1) is 29.0 Å². The molecule has 2 aromatic heterocycles. The quantitative estimate of drug-likeness (QED) is 0.730. The molecule has 0 amide bonds. The second kappa shape index (κ2) is 5.61. The maximum Gasteiger partial charge on any atom is 0.313 e. The predicted molar refractivity (Wildman–Crippen MR) is 80.4 cm³/mol. The highest BCUT2D eigenvalue weighted by atomic mass is 32.2. The summed E-state index contributed by atoms with van der Waals surface area (Å²) in [6, 6.07) is 9.72.